The fourth-order valence-corrected chi connectivity index (χ4v) is 3.55. The molecule has 1 saturated heterocycles. The van der Waals surface area contributed by atoms with Crippen molar-refractivity contribution in [3.63, 3.8) is 0 Å². The maximum absolute atomic E-state index is 12.6. The van der Waals surface area contributed by atoms with Crippen molar-refractivity contribution < 1.29 is 19.4 Å². The molecule has 0 aliphatic carbocycles. The lowest BCUT2D eigenvalue weighted by Crippen LogP contribution is -2.27. The number of carbonyl (C=O) groups is 2. The molecule has 1 fully saturated rings. The van der Waals surface area contributed by atoms with Gasteiger partial charge in [-0.25, -0.2) is 0 Å². The monoisotopic (exact) mass is 409 g/mol. The van der Waals surface area contributed by atoms with E-state index in [-0.39, 0.29) is 23.3 Å². The summed E-state index contributed by atoms with van der Waals surface area (Å²) in [6.07, 6.45) is 1.59. The molecule has 0 bridgehead atoms. The second kappa shape index (κ2) is 7.61. The Morgan fingerprint density at radius 2 is 1.92 bits per heavy atom. The summed E-state index contributed by atoms with van der Waals surface area (Å²) in [5.41, 5.74) is 1.34. The lowest BCUT2D eigenvalue weighted by atomic mass is 10.1. The third-order valence-electron chi connectivity index (χ3n) is 3.70. The van der Waals surface area contributed by atoms with Crippen LogP contribution in [0.25, 0.3) is 6.08 Å². The first-order valence-corrected chi connectivity index (χ1v) is 9.02. The Morgan fingerprint density at radius 3 is 2.62 bits per heavy atom. The average molecular weight is 410 g/mol. The van der Waals surface area contributed by atoms with Crippen molar-refractivity contribution in [2.24, 2.45) is 0 Å². The number of amides is 2. The third kappa shape index (κ3) is 3.82. The van der Waals surface area contributed by atoms with E-state index in [0.29, 0.717) is 26.1 Å². The van der Waals surface area contributed by atoms with Gasteiger partial charge >= 0.3 is 0 Å². The minimum absolute atomic E-state index is 0.00243. The topological polar surface area (TPSA) is 66.8 Å². The number of aromatic hydroxyl groups is 1. The van der Waals surface area contributed by atoms with E-state index >= 15 is 0 Å². The van der Waals surface area contributed by atoms with Gasteiger partial charge in [-0.05, 0) is 53.2 Å². The minimum atomic E-state index is -0.391. The van der Waals surface area contributed by atoms with Crippen molar-refractivity contribution in [3.8, 4) is 11.5 Å². The molecule has 0 radical (unpaired) electrons. The van der Waals surface area contributed by atoms with Crippen molar-refractivity contribution in [3.05, 3.63) is 62.5 Å². The molecule has 8 heteroatoms. The molecular weight excluding hydrogens is 397 g/mol. The average Bonchev–Trinajstić information content (AvgIpc) is 2.87. The zero-order chi connectivity index (χ0) is 18.8. The van der Waals surface area contributed by atoms with E-state index in [1.54, 1.807) is 36.4 Å². The van der Waals surface area contributed by atoms with Gasteiger partial charge in [0.05, 0.1) is 28.6 Å². The lowest BCUT2D eigenvalue weighted by molar-refractivity contribution is -0.123. The third-order valence-corrected chi connectivity index (χ3v) is 5.35. The van der Waals surface area contributed by atoms with Crippen LogP contribution in [0.4, 0.5) is 4.79 Å². The number of hydrogen-bond donors (Lipinski definition) is 1. The molecule has 26 heavy (non-hydrogen) atoms. The summed E-state index contributed by atoms with van der Waals surface area (Å²) in [4.78, 5) is 26.2. The number of thioether (sulfide) groups is 1. The molecule has 1 aliphatic rings. The Hall–Kier alpha value is -2.15. The van der Waals surface area contributed by atoms with E-state index in [2.05, 4.69) is 0 Å². The molecule has 5 nitrogen and oxygen atoms in total. The summed E-state index contributed by atoms with van der Waals surface area (Å²) in [5, 5.41) is 10.0. The Labute approximate surface area is 164 Å². The van der Waals surface area contributed by atoms with E-state index < -0.39 is 5.91 Å². The predicted molar refractivity (Wildman–Crippen MR) is 103 cm³/mol. The first-order valence-electron chi connectivity index (χ1n) is 7.45. The number of rotatable bonds is 4. The van der Waals surface area contributed by atoms with Gasteiger partial charge < -0.3 is 9.84 Å². The zero-order valence-electron chi connectivity index (χ0n) is 13.5. The van der Waals surface area contributed by atoms with Crippen molar-refractivity contribution in [1.82, 2.24) is 4.90 Å². The van der Waals surface area contributed by atoms with Crippen LogP contribution < -0.4 is 4.74 Å². The number of carbonyl (C=O) groups excluding carboxylic acids is 2. The van der Waals surface area contributed by atoms with Gasteiger partial charge in [-0.2, -0.15) is 0 Å². The Kier molecular flexibility index (Phi) is 5.46. The summed E-state index contributed by atoms with van der Waals surface area (Å²) in [5.74, 6) is -0.107. The number of nitrogens with zero attached hydrogens (tertiary/aromatic N) is 1. The van der Waals surface area contributed by atoms with E-state index in [4.69, 9.17) is 27.9 Å². The zero-order valence-corrected chi connectivity index (χ0v) is 15.9. The maximum atomic E-state index is 12.6. The first-order chi connectivity index (χ1) is 12.4. The maximum Gasteiger partial charge on any atom is 0.293 e. The Morgan fingerprint density at radius 1 is 1.15 bits per heavy atom. The fraction of sp³-hybridized carbons (Fsp3) is 0.111. The summed E-state index contributed by atoms with van der Waals surface area (Å²) in [6, 6.07) is 9.64. The van der Waals surface area contributed by atoms with Gasteiger partial charge in [0.2, 0.25) is 0 Å². The van der Waals surface area contributed by atoms with E-state index in [0.717, 1.165) is 16.7 Å². The van der Waals surface area contributed by atoms with E-state index in [9.17, 15) is 14.7 Å². The van der Waals surface area contributed by atoms with Crippen LogP contribution in [0.1, 0.15) is 11.1 Å². The molecule has 134 valence electrons. The van der Waals surface area contributed by atoms with Crippen LogP contribution in [0.3, 0.4) is 0 Å². The Balaban J connectivity index is 1.83. The van der Waals surface area contributed by atoms with Crippen LogP contribution in [0.2, 0.25) is 10.0 Å². The number of phenols is 1. The van der Waals surface area contributed by atoms with Gasteiger partial charge in [-0.3, -0.25) is 14.5 Å². The van der Waals surface area contributed by atoms with Crippen LogP contribution in [0.5, 0.6) is 11.5 Å². The molecule has 3 rings (SSSR count). The molecule has 1 N–H and O–H groups in total. The van der Waals surface area contributed by atoms with Crippen LogP contribution in [0.15, 0.2) is 41.3 Å². The van der Waals surface area contributed by atoms with Crippen LogP contribution in [-0.4, -0.2) is 28.3 Å². The van der Waals surface area contributed by atoms with Crippen molar-refractivity contribution in [2.75, 3.05) is 7.11 Å². The van der Waals surface area contributed by atoms with E-state index in [1.807, 2.05) is 0 Å². The van der Waals surface area contributed by atoms with Crippen molar-refractivity contribution >= 4 is 52.2 Å². The highest BCUT2D eigenvalue weighted by molar-refractivity contribution is 8.18. The molecule has 1 aliphatic heterocycles. The van der Waals surface area contributed by atoms with Gasteiger partial charge in [0.15, 0.2) is 11.5 Å². The van der Waals surface area contributed by atoms with Gasteiger partial charge in [0.25, 0.3) is 11.1 Å². The fourth-order valence-electron chi connectivity index (χ4n) is 2.39. The molecule has 0 aromatic heterocycles. The molecule has 0 unspecified atom stereocenters. The number of methoxy groups -OCH3 is 1. The summed E-state index contributed by atoms with van der Waals surface area (Å²) >= 11 is 12.7. The van der Waals surface area contributed by atoms with Gasteiger partial charge in [-0.1, -0.05) is 35.3 Å². The molecule has 0 spiro atoms. The normalized spacial score (nSPS) is 15.8. The second-order valence-corrected chi connectivity index (χ2v) is 7.26. The standard InChI is InChI=1S/C18H13Cl2NO4S/c1-25-15-7-10(3-5-14(15)22)8-16-17(23)21(18(24)26-16)9-11-2-4-12(19)13(20)6-11/h2-8,22H,9H2,1H3. The molecule has 2 amide bonds. The molecule has 0 atom stereocenters. The smallest absolute Gasteiger partial charge is 0.293 e. The number of benzene rings is 2. The summed E-state index contributed by atoms with van der Waals surface area (Å²) in [7, 11) is 1.43. The minimum Gasteiger partial charge on any atom is -0.504 e. The highest BCUT2D eigenvalue weighted by Crippen LogP contribution is 2.35. The molecule has 0 saturated carbocycles. The summed E-state index contributed by atoms with van der Waals surface area (Å²) < 4.78 is 5.05. The highest BCUT2D eigenvalue weighted by Gasteiger charge is 2.35. The van der Waals surface area contributed by atoms with Crippen molar-refractivity contribution in [1.29, 1.82) is 0 Å². The van der Waals surface area contributed by atoms with Crippen LogP contribution in [0, 0.1) is 0 Å². The second-order valence-electron chi connectivity index (χ2n) is 5.45. The number of phenolic OH excluding ortho intramolecular Hbond substituents is 1. The molecule has 2 aromatic carbocycles. The largest absolute Gasteiger partial charge is 0.504 e. The lowest BCUT2D eigenvalue weighted by Gasteiger charge is -2.13. The quantitative estimate of drug-likeness (QED) is 0.723. The van der Waals surface area contributed by atoms with Gasteiger partial charge in [0, 0.05) is 0 Å². The van der Waals surface area contributed by atoms with Crippen molar-refractivity contribution in [2.45, 2.75) is 6.54 Å². The number of imide groups is 1. The van der Waals surface area contributed by atoms with Crippen LogP contribution in [-0.2, 0) is 11.3 Å². The SMILES string of the molecule is COc1cc(C=C2SC(=O)N(Cc3ccc(Cl)c(Cl)c3)C2=O)ccc1O. The van der Waals surface area contributed by atoms with Gasteiger partial charge in [0.1, 0.15) is 0 Å². The summed E-state index contributed by atoms with van der Waals surface area (Å²) in [6.45, 7) is 0.109. The predicted octanol–water partition coefficient (Wildman–Crippen LogP) is 4.94. The highest BCUT2D eigenvalue weighted by atomic mass is 35.5. The Bertz CT molecular complexity index is 929. The first kappa shape index (κ1) is 18.6. The van der Waals surface area contributed by atoms with E-state index in [1.165, 1.54) is 13.2 Å². The van der Waals surface area contributed by atoms with Gasteiger partial charge in [-0.15, -0.1) is 0 Å². The molecular formula is C18H13Cl2NO4S. The number of ether oxygens (including phenoxy) is 1. The molecule has 1 heterocycles. The van der Waals surface area contributed by atoms with Crippen LogP contribution >= 0.6 is 35.0 Å². The number of halogens is 2. The number of hydrogen-bond acceptors (Lipinski definition) is 5. The molecule has 2 aromatic rings.